The van der Waals surface area contributed by atoms with E-state index in [0.29, 0.717) is 53.8 Å². The molecule has 0 amide bonds. The molecule has 3 saturated heterocycles. The number of alkyl halides is 1. The number of nitrogens with one attached hydrogen (secondary N) is 1. The lowest BCUT2D eigenvalue weighted by molar-refractivity contribution is 0.165. The van der Waals surface area contributed by atoms with Crippen molar-refractivity contribution < 1.29 is 18.6 Å². The molecule has 0 radical (unpaired) electrons. The van der Waals surface area contributed by atoms with Crippen LogP contribution < -0.4 is 20.7 Å². The molecule has 13 heteroatoms. The van der Waals surface area contributed by atoms with Crippen molar-refractivity contribution in [2.45, 2.75) is 50.4 Å². The highest BCUT2D eigenvalue weighted by Gasteiger charge is 2.46. The van der Waals surface area contributed by atoms with Crippen LogP contribution in [-0.2, 0) is 0 Å². The lowest BCUT2D eigenvalue weighted by Crippen LogP contribution is -2.51. The van der Waals surface area contributed by atoms with Crippen LogP contribution in [-0.4, -0.2) is 77.6 Å². The summed E-state index contributed by atoms with van der Waals surface area (Å²) in [6.45, 7) is 3.85. The van der Waals surface area contributed by atoms with E-state index in [1.165, 1.54) is 12.1 Å². The van der Waals surface area contributed by atoms with Crippen molar-refractivity contribution in [2.75, 3.05) is 50.0 Å². The van der Waals surface area contributed by atoms with Crippen LogP contribution in [0.15, 0.2) is 18.2 Å². The molecule has 4 fully saturated rings. The maximum Gasteiger partial charge on any atom is 0.319 e. The van der Waals surface area contributed by atoms with Crippen molar-refractivity contribution in [1.29, 1.82) is 5.26 Å². The monoisotopic (exact) mass is 651 g/mol. The molecule has 1 saturated carbocycles. The first-order valence-electron chi connectivity index (χ1n) is 15.4. The van der Waals surface area contributed by atoms with Gasteiger partial charge in [-0.05, 0) is 49.8 Å². The highest BCUT2D eigenvalue weighted by atomic mass is 35.5. The highest BCUT2D eigenvalue weighted by molar-refractivity contribution is 7.23. The molecule has 2 aromatic heterocycles. The van der Waals surface area contributed by atoms with Gasteiger partial charge in [-0.2, -0.15) is 15.2 Å². The molecule has 9 nitrogen and oxygen atoms in total. The fraction of sp³-hybridized carbons (Fsp3) is 0.469. The van der Waals surface area contributed by atoms with E-state index >= 15 is 0 Å². The van der Waals surface area contributed by atoms with Crippen LogP contribution in [0.25, 0.3) is 32.1 Å². The summed E-state index contributed by atoms with van der Waals surface area (Å²) in [5, 5.41) is 26.7. The first-order chi connectivity index (χ1) is 21.7. The van der Waals surface area contributed by atoms with Gasteiger partial charge < -0.3 is 25.8 Å². The molecule has 1 aliphatic carbocycles. The fourth-order valence-corrected chi connectivity index (χ4v) is 8.62. The van der Waals surface area contributed by atoms with E-state index < -0.39 is 12.0 Å². The number of aromatic nitrogens is 2. The maximum atomic E-state index is 14.9. The van der Waals surface area contributed by atoms with Crippen LogP contribution in [0.1, 0.15) is 37.7 Å². The predicted octanol–water partition coefficient (Wildman–Crippen LogP) is 5.61. The van der Waals surface area contributed by atoms with Gasteiger partial charge in [-0.3, -0.25) is 4.90 Å². The smallest absolute Gasteiger partial charge is 0.319 e. The highest BCUT2D eigenvalue weighted by Crippen LogP contribution is 2.50. The Labute approximate surface area is 267 Å². The van der Waals surface area contributed by atoms with E-state index in [1.54, 1.807) is 6.07 Å². The normalized spacial score (nSPS) is 24.0. The first kappa shape index (κ1) is 28.9. The molecule has 2 bridgehead atoms. The molecular weight excluding hydrogens is 620 g/mol. The summed E-state index contributed by atoms with van der Waals surface area (Å²) in [5.41, 5.74) is 7.02. The summed E-state index contributed by atoms with van der Waals surface area (Å²) in [4.78, 5) is 14.0. The summed E-state index contributed by atoms with van der Waals surface area (Å²) in [5.74, 6) is -0.0941. The zero-order chi connectivity index (χ0) is 31.0. The summed E-state index contributed by atoms with van der Waals surface area (Å²) in [7, 11) is 0. The van der Waals surface area contributed by atoms with Gasteiger partial charge in [0.05, 0.1) is 21.9 Å². The Morgan fingerprint density at radius 3 is 2.67 bits per heavy atom. The van der Waals surface area contributed by atoms with Crippen molar-refractivity contribution in [3.05, 3.63) is 34.6 Å². The van der Waals surface area contributed by atoms with Gasteiger partial charge >= 0.3 is 6.01 Å². The standard InChI is InChI=1S/C32H32ClF2N7O2S/c33-22-9-20-26(27(43)25(22)19-3-4-23(35)28-24(19)21(10-36)29(37)45-28)39-31(40-30(20)42-12-17-1-2-18(13-42)38-17)44-15-32(6-7-32)14-41-8-5-16(34)11-41/h3-4,9,16-18,38,43H,1-2,5-8,11-15,37H2/t16-,17?,18?/m1/s1. The van der Waals surface area contributed by atoms with Gasteiger partial charge in [-0.1, -0.05) is 17.7 Å². The molecule has 4 N–H and O–H groups in total. The molecule has 4 aliphatic rings. The number of likely N-dealkylation sites (tertiary alicyclic amines) is 1. The van der Waals surface area contributed by atoms with E-state index in [-0.39, 0.29) is 48.5 Å². The van der Waals surface area contributed by atoms with Crippen LogP contribution in [0, 0.1) is 22.6 Å². The molecule has 0 spiro atoms. The second kappa shape index (κ2) is 10.8. The van der Waals surface area contributed by atoms with Crippen LogP contribution in [0.2, 0.25) is 5.02 Å². The number of anilines is 2. The van der Waals surface area contributed by atoms with Gasteiger partial charge in [0.2, 0.25) is 0 Å². The number of fused-ring (bicyclic) bond motifs is 4. The molecular formula is C32H32ClF2N7O2S. The molecule has 4 aromatic rings. The Kier molecular flexibility index (Phi) is 6.94. The number of ether oxygens (including phenoxy) is 1. The number of phenols is 1. The number of thiophene rings is 1. The fourth-order valence-electron chi connectivity index (χ4n) is 7.37. The number of nitrogen functional groups attached to an aromatic ring is 1. The van der Waals surface area contributed by atoms with E-state index in [4.69, 9.17) is 32.0 Å². The number of nitrogens with two attached hydrogens (primary N) is 1. The first-order valence-corrected chi connectivity index (χ1v) is 16.6. The number of nitrogens with zero attached hydrogens (tertiary/aromatic N) is 5. The molecule has 2 aromatic carbocycles. The number of nitriles is 1. The number of aromatic hydroxyl groups is 1. The molecule has 2 unspecified atom stereocenters. The molecule has 45 heavy (non-hydrogen) atoms. The molecule has 234 valence electrons. The largest absolute Gasteiger partial charge is 0.505 e. The minimum absolute atomic E-state index is 0.0732. The van der Waals surface area contributed by atoms with Crippen LogP contribution >= 0.6 is 22.9 Å². The number of hydrogen-bond acceptors (Lipinski definition) is 10. The lowest BCUT2D eigenvalue weighted by atomic mass is 9.96. The van der Waals surface area contributed by atoms with Gasteiger partial charge in [0.1, 0.15) is 34.4 Å². The minimum atomic E-state index is -0.775. The number of hydrogen-bond donors (Lipinski definition) is 3. The Morgan fingerprint density at radius 2 is 1.98 bits per heavy atom. The van der Waals surface area contributed by atoms with Crippen molar-refractivity contribution in [2.24, 2.45) is 5.41 Å². The number of phenolic OH excluding ortho intramolecular Hbond substituents is 1. The SMILES string of the molecule is N#Cc1c(N)sc2c(F)ccc(-c3c(Cl)cc4c(N5CC6CCC(C5)N6)nc(OCC5(CN6CC[C@@H](F)C6)CC5)nc4c3O)c12. The zero-order valence-corrected chi connectivity index (χ0v) is 26.0. The maximum absolute atomic E-state index is 14.9. The molecule has 5 heterocycles. The van der Waals surface area contributed by atoms with Gasteiger partial charge in [-0.25, -0.2) is 8.78 Å². The van der Waals surface area contributed by atoms with Crippen molar-refractivity contribution in [3.8, 4) is 29.0 Å². The van der Waals surface area contributed by atoms with Crippen molar-refractivity contribution in [3.63, 3.8) is 0 Å². The molecule has 3 aliphatic heterocycles. The Morgan fingerprint density at radius 1 is 1.20 bits per heavy atom. The molecule has 3 atom stereocenters. The van der Waals surface area contributed by atoms with Crippen LogP contribution in [0.4, 0.5) is 19.6 Å². The predicted molar refractivity (Wildman–Crippen MR) is 171 cm³/mol. The van der Waals surface area contributed by atoms with E-state index in [9.17, 15) is 19.1 Å². The number of piperazine rings is 1. The second-order valence-corrected chi connectivity index (χ2v) is 14.5. The third-order valence-electron chi connectivity index (χ3n) is 9.83. The molecule has 8 rings (SSSR count). The quantitative estimate of drug-likeness (QED) is 0.234. The van der Waals surface area contributed by atoms with E-state index in [2.05, 4.69) is 21.2 Å². The average Bonchev–Trinajstić information content (AvgIpc) is 3.31. The second-order valence-electron chi connectivity index (χ2n) is 13.0. The summed E-state index contributed by atoms with van der Waals surface area (Å²) in [6.07, 6.45) is 3.92. The third kappa shape index (κ3) is 5.01. The average molecular weight is 652 g/mol. The Balaban J connectivity index is 1.23. The van der Waals surface area contributed by atoms with Crippen LogP contribution in [0.5, 0.6) is 11.8 Å². The number of benzene rings is 2. The zero-order valence-electron chi connectivity index (χ0n) is 24.5. The number of rotatable bonds is 7. The van der Waals surface area contributed by atoms with Crippen molar-refractivity contribution >= 4 is 54.7 Å². The van der Waals surface area contributed by atoms with Gasteiger partial charge in [0.15, 0.2) is 5.75 Å². The van der Waals surface area contributed by atoms with Gasteiger partial charge in [0, 0.05) is 66.6 Å². The summed E-state index contributed by atoms with van der Waals surface area (Å²) in [6, 6.07) is 7.40. The summed E-state index contributed by atoms with van der Waals surface area (Å²) >= 11 is 7.90. The van der Waals surface area contributed by atoms with Crippen LogP contribution in [0.3, 0.4) is 0 Å². The Bertz CT molecular complexity index is 1880. The van der Waals surface area contributed by atoms with E-state index in [1.807, 2.05) is 0 Å². The lowest BCUT2D eigenvalue weighted by Gasteiger charge is -2.34. The van der Waals surface area contributed by atoms with Gasteiger partial charge in [0.25, 0.3) is 0 Å². The third-order valence-corrected chi connectivity index (χ3v) is 11.2. The number of halogens is 3. The van der Waals surface area contributed by atoms with E-state index in [0.717, 1.165) is 63.2 Å². The topological polar surface area (TPSA) is 124 Å². The minimum Gasteiger partial charge on any atom is -0.505 e. The Hall–Kier alpha value is -3.50. The summed E-state index contributed by atoms with van der Waals surface area (Å²) < 4.78 is 35.2. The van der Waals surface area contributed by atoms with Crippen molar-refractivity contribution in [1.82, 2.24) is 20.2 Å². The van der Waals surface area contributed by atoms with Gasteiger partial charge in [-0.15, -0.1) is 11.3 Å².